The first-order valence-corrected chi connectivity index (χ1v) is 6.54. The highest BCUT2D eigenvalue weighted by Gasteiger charge is 2.19. The molecule has 1 aromatic rings. The van der Waals surface area contributed by atoms with E-state index in [1.807, 2.05) is 18.2 Å². The summed E-state index contributed by atoms with van der Waals surface area (Å²) in [6.45, 7) is 3.03. The van der Waals surface area contributed by atoms with Gasteiger partial charge in [0.15, 0.2) is 0 Å². The van der Waals surface area contributed by atoms with Crippen molar-refractivity contribution in [2.75, 3.05) is 26.7 Å². The molecule has 0 fully saturated rings. The van der Waals surface area contributed by atoms with Crippen molar-refractivity contribution in [2.24, 2.45) is 0 Å². The lowest BCUT2D eigenvalue weighted by Crippen LogP contribution is -2.38. The lowest BCUT2D eigenvalue weighted by molar-refractivity contribution is -0.139. The number of para-hydroxylation sites is 1. The van der Waals surface area contributed by atoms with Gasteiger partial charge in [-0.15, -0.1) is 0 Å². The summed E-state index contributed by atoms with van der Waals surface area (Å²) in [6, 6.07) is 7.52. The van der Waals surface area contributed by atoms with Gasteiger partial charge in [0.2, 0.25) is 0 Å². The van der Waals surface area contributed by atoms with Gasteiger partial charge in [-0.2, -0.15) is 0 Å². The van der Waals surface area contributed by atoms with E-state index >= 15 is 0 Å². The Morgan fingerprint density at radius 2 is 2.32 bits per heavy atom. The molecule has 0 spiro atoms. The van der Waals surface area contributed by atoms with Gasteiger partial charge >= 0.3 is 5.97 Å². The maximum absolute atomic E-state index is 11.0. The summed E-state index contributed by atoms with van der Waals surface area (Å²) in [4.78, 5) is 13.2. The largest absolute Gasteiger partial charge is 0.492 e. The van der Waals surface area contributed by atoms with E-state index in [9.17, 15) is 4.79 Å². The first kappa shape index (κ1) is 13.8. The molecule has 2 N–H and O–H groups in total. The Hall–Kier alpha value is -1.59. The van der Waals surface area contributed by atoms with Crippen molar-refractivity contribution in [1.82, 2.24) is 10.2 Å². The molecule has 1 heterocycles. The summed E-state index contributed by atoms with van der Waals surface area (Å²) in [5.41, 5.74) is 1.16. The van der Waals surface area contributed by atoms with E-state index < -0.39 is 12.0 Å². The van der Waals surface area contributed by atoms with Crippen LogP contribution in [0.4, 0.5) is 0 Å². The molecule has 0 aliphatic carbocycles. The highest BCUT2D eigenvalue weighted by atomic mass is 16.5. The molecular formula is C14H20N2O3. The zero-order valence-corrected chi connectivity index (χ0v) is 11.1. The van der Waals surface area contributed by atoms with Crippen LogP contribution in [-0.4, -0.2) is 48.8 Å². The van der Waals surface area contributed by atoms with Gasteiger partial charge in [-0.1, -0.05) is 18.2 Å². The average Bonchev–Trinajstić information content (AvgIpc) is 2.60. The summed E-state index contributed by atoms with van der Waals surface area (Å²) in [5.74, 6) is 0.141. The second-order valence-corrected chi connectivity index (χ2v) is 4.70. The molecule has 1 unspecified atom stereocenters. The number of benzene rings is 1. The third-order valence-corrected chi connectivity index (χ3v) is 3.41. The quantitative estimate of drug-likeness (QED) is 0.829. The van der Waals surface area contributed by atoms with E-state index in [0.717, 1.165) is 30.9 Å². The standard InChI is InChI=1S/C14H20N2O3/c1-15-12(14(17)18)6-7-16-8-9-19-13-5-3-2-4-11(13)10-16/h2-5,12,15H,6-10H2,1H3,(H,17,18). The van der Waals surface area contributed by atoms with Gasteiger partial charge in [0.25, 0.3) is 0 Å². The van der Waals surface area contributed by atoms with Crippen LogP contribution in [0.1, 0.15) is 12.0 Å². The van der Waals surface area contributed by atoms with Crippen LogP contribution in [0.5, 0.6) is 5.75 Å². The first-order valence-electron chi connectivity index (χ1n) is 6.54. The molecule has 2 rings (SSSR count). The smallest absolute Gasteiger partial charge is 0.320 e. The number of fused-ring (bicyclic) bond motifs is 1. The molecule has 19 heavy (non-hydrogen) atoms. The highest BCUT2D eigenvalue weighted by Crippen LogP contribution is 2.22. The number of nitrogens with zero attached hydrogens (tertiary/aromatic N) is 1. The Morgan fingerprint density at radius 3 is 3.05 bits per heavy atom. The minimum Gasteiger partial charge on any atom is -0.492 e. The van der Waals surface area contributed by atoms with E-state index in [2.05, 4.69) is 16.3 Å². The summed E-state index contributed by atoms with van der Waals surface area (Å²) in [6.07, 6.45) is 0.591. The van der Waals surface area contributed by atoms with Crippen LogP contribution in [0.2, 0.25) is 0 Å². The lowest BCUT2D eigenvalue weighted by Gasteiger charge is -2.21. The number of rotatable bonds is 5. The van der Waals surface area contributed by atoms with Crippen molar-refractivity contribution in [2.45, 2.75) is 19.0 Å². The number of likely N-dealkylation sites (N-methyl/N-ethyl adjacent to an activating group) is 1. The number of carbonyl (C=O) groups is 1. The van der Waals surface area contributed by atoms with Crippen LogP contribution in [0.25, 0.3) is 0 Å². The number of carboxylic acids is 1. The van der Waals surface area contributed by atoms with E-state index in [0.29, 0.717) is 13.0 Å². The Kier molecular flexibility index (Phi) is 4.76. The van der Waals surface area contributed by atoms with Gasteiger partial charge < -0.3 is 15.2 Å². The molecule has 0 saturated carbocycles. The Morgan fingerprint density at radius 1 is 1.53 bits per heavy atom. The number of hydrogen-bond donors (Lipinski definition) is 2. The summed E-state index contributed by atoms with van der Waals surface area (Å²) in [7, 11) is 1.68. The van der Waals surface area contributed by atoms with E-state index in [1.165, 1.54) is 0 Å². The Labute approximate surface area is 113 Å². The molecule has 1 aliphatic heterocycles. The minimum atomic E-state index is -0.797. The molecule has 0 saturated heterocycles. The number of nitrogens with one attached hydrogen (secondary N) is 1. The highest BCUT2D eigenvalue weighted by molar-refractivity contribution is 5.73. The zero-order valence-electron chi connectivity index (χ0n) is 11.1. The summed E-state index contributed by atoms with van der Waals surface area (Å²) >= 11 is 0. The third-order valence-electron chi connectivity index (χ3n) is 3.41. The van der Waals surface area contributed by atoms with Gasteiger partial charge in [-0.05, 0) is 19.5 Å². The number of ether oxygens (including phenoxy) is 1. The predicted molar refractivity (Wildman–Crippen MR) is 72.3 cm³/mol. The van der Waals surface area contributed by atoms with Crippen LogP contribution in [0.3, 0.4) is 0 Å². The van der Waals surface area contributed by atoms with Crippen molar-refractivity contribution in [3.63, 3.8) is 0 Å². The van der Waals surface area contributed by atoms with Crippen molar-refractivity contribution >= 4 is 5.97 Å². The molecule has 1 aromatic carbocycles. The molecular weight excluding hydrogens is 244 g/mol. The first-order chi connectivity index (χ1) is 9.20. The molecule has 0 aromatic heterocycles. The van der Waals surface area contributed by atoms with Crippen molar-refractivity contribution < 1.29 is 14.6 Å². The van der Waals surface area contributed by atoms with Gasteiger partial charge in [0.05, 0.1) is 0 Å². The van der Waals surface area contributed by atoms with Crippen LogP contribution < -0.4 is 10.1 Å². The molecule has 1 aliphatic rings. The van der Waals surface area contributed by atoms with Gasteiger partial charge in [0.1, 0.15) is 18.4 Å². The Bertz CT molecular complexity index is 436. The zero-order chi connectivity index (χ0) is 13.7. The fourth-order valence-corrected chi connectivity index (χ4v) is 2.27. The van der Waals surface area contributed by atoms with E-state index in [-0.39, 0.29) is 0 Å². The van der Waals surface area contributed by atoms with Crippen LogP contribution in [-0.2, 0) is 11.3 Å². The Balaban J connectivity index is 1.94. The van der Waals surface area contributed by atoms with Crippen LogP contribution in [0, 0.1) is 0 Å². The average molecular weight is 264 g/mol. The molecule has 0 bridgehead atoms. The number of aliphatic carboxylic acids is 1. The van der Waals surface area contributed by atoms with Crippen LogP contribution >= 0.6 is 0 Å². The van der Waals surface area contributed by atoms with Crippen molar-refractivity contribution in [1.29, 1.82) is 0 Å². The fourth-order valence-electron chi connectivity index (χ4n) is 2.27. The van der Waals surface area contributed by atoms with Gasteiger partial charge in [0, 0.05) is 25.2 Å². The third kappa shape index (κ3) is 3.68. The molecule has 0 amide bonds. The van der Waals surface area contributed by atoms with Gasteiger partial charge in [-0.3, -0.25) is 9.69 Å². The second-order valence-electron chi connectivity index (χ2n) is 4.70. The molecule has 0 radical (unpaired) electrons. The topological polar surface area (TPSA) is 61.8 Å². The van der Waals surface area contributed by atoms with E-state index in [1.54, 1.807) is 7.05 Å². The predicted octanol–water partition coefficient (Wildman–Crippen LogP) is 0.944. The van der Waals surface area contributed by atoms with Crippen molar-refractivity contribution in [3.05, 3.63) is 29.8 Å². The summed E-state index contributed by atoms with van der Waals surface area (Å²) < 4.78 is 5.69. The van der Waals surface area contributed by atoms with Crippen molar-refractivity contribution in [3.8, 4) is 5.75 Å². The minimum absolute atomic E-state index is 0.487. The molecule has 5 heteroatoms. The maximum Gasteiger partial charge on any atom is 0.320 e. The fraction of sp³-hybridized carbons (Fsp3) is 0.500. The molecule has 5 nitrogen and oxygen atoms in total. The van der Waals surface area contributed by atoms with Gasteiger partial charge in [-0.25, -0.2) is 0 Å². The lowest BCUT2D eigenvalue weighted by atomic mass is 10.1. The monoisotopic (exact) mass is 264 g/mol. The SMILES string of the molecule is CNC(CCN1CCOc2ccccc2C1)C(=O)O. The summed E-state index contributed by atoms with van der Waals surface area (Å²) in [5, 5.41) is 11.8. The molecule has 1 atom stereocenters. The number of carboxylic acid groups (broad SMARTS) is 1. The molecule has 104 valence electrons. The second kappa shape index (κ2) is 6.54. The van der Waals surface area contributed by atoms with E-state index in [4.69, 9.17) is 9.84 Å². The van der Waals surface area contributed by atoms with Crippen LogP contribution in [0.15, 0.2) is 24.3 Å². The normalized spacial score (nSPS) is 17.1. The maximum atomic E-state index is 11.0. The number of hydrogen-bond acceptors (Lipinski definition) is 4.